The van der Waals surface area contributed by atoms with Crippen LogP contribution < -0.4 is 10.6 Å². The van der Waals surface area contributed by atoms with E-state index < -0.39 is 0 Å². The molecule has 3 aromatic rings. The molecule has 0 spiro atoms. The molecule has 2 heterocycles. The number of primary amides is 1. The van der Waals surface area contributed by atoms with Gasteiger partial charge in [0.25, 0.3) is 0 Å². The minimum atomic E-state index is -0.310. The van der Waals surface area contributed by atoms with Crippen LogP contribution in [0.5, 0.6) is 0 Å². The Morgan fingerprint density at radius 2 is 1.76 bits per heavy atom. The number of anilines is 1. The summed E-state index contributed by atoms with van der Waals surface area (Å²) < 4.78 is 0. The van der Waals surface area contributed by atoms with E-state index in [1.54, 1.807) is 0 Å². The molecule has 126 valence electrons. The van der Waals surface area contributed by atoms with E-state index in [1.807, 2.05) is 54.6 Å². The van der Waals surface area contributed by atoms with E-state index in [-0.39, 0.29) is 11.9 Å². The molecule has 0 saturated carbocycles. The van der Waals surface area contributed by atoms with Gasteiger partial charge in [-0.3, -0.25) is 4.79 Å². The minimum absolute atomic E-state index is 0.288. The molecule has 0 radical (unpaired) electrons. The first kappa shape index (κ1) is 15.6. The van der Waals surface area contributed by atoms with Crippen LogP contribution in [-0.2, 0) is 4.79 Å². The first-order valence-corrected chi connectivity index (χ1v) is 8.62. The average Bonchev–Trinajstić information content (AvgIpc) is 2.68. The topological polar surface area (TPSA) is 72.1 Å². The number of carbonyl (C=O) groups excluding carboxylic acids is 1. The van der Waals surface area contributed by atoms with Crippen LogP contribution in [0.25, 0.3) is 22.3 Å². The second kappa shape index (κ2) is 6.51. The number of nitrogens with zero attached hydrogens (tertiary/aromatic N) is 3. The van der Waals surface area contributed by atoms with Gasteiger partial charge in [0.05, 0.1) is 5.52 Å². The summed E-state index contributed by atoms with van der Waals surface area (Å²) in [5, 5.41) is 0.954. The standard InChI is InChI=1S/C20H20N4O/c21-18(25)17-12-6-7-13-24(17)20-15-10-4-5-11-16(15)22-19(23-20)14-8-2-1-3-9-14/h1-5,8-11,17H,6-7,12-13H2,(H2,21,25)/t17-/m1/s1. The fourth-order valence-electron chi connectivity index (χ4n) is 3.48. The molecule has 4 rings (SSSR count). The molecule has 5 heteroatoms. The number of piperidine rings is 1. The Bertz CT molecular complexity index is 910. The normalized spacial score (nSPS) is 17.6. The van der Waals surface area contributed by atoms with Gasteiger partial charge in [-0.15, -0.1) is 0 Å². The molecule has 25 heavy (non-hydrogen) atoms. The fraction of sp³-hybridized carbons (Fsp3) is 0.250. The number of hydrogen-bond donors (Lipinski definition) is 1. The number of benzene rings is 2. The third-order valence-corrected chi connectivity index (χ3v) is 4.72. The second-order valence-electron chi connectivity index (χ2n) is 6.36. The van der Waals surface area contributed by atoms with Crippen molar-refractivity contribution in [2.45, 2.75) is 25.3 Å². The van der Waals surface area contributed by atoms with Gasteiger partial charge in [-0.2, -0.15) is 0 Å². The van der Waals surface area contributed by atoms with Gasteiger partial charge in [-0.05, 0) is 31.4 Å². The third-order valence-electron chi connectivity index (χ3n) is 4.72. The molecule has 1 aromatic heterocycles. The predicted molar refractivity (Wildman–Crippen MR) is 99.2 cm³/mol. The van der Waals surface area contributed by atoms with E-state index in [2.05, 4.69) is 4.90 Å². The Hall–Kier alpha value is -2.95. The zero-order valence-electron chi connectivity index (χ0n) is 13.9. The van der Waals surface area contributed by atoms with Crippen LogP contribution >= 0.6 is 0 Å². The van der Waals surface area contributed by atoms with Crippen molar-refractivity contribution in [3.63, 3.8) is 0 Å². The van der Waals surface area contributed by atoms with Crippen molar-refractivity contribution >= 4 is 22.6 Å². The van der Waals surface area contributed by atoms with Crippen LogP contribution in [0.1, 0.15) is 19.3 Å². The Labute approximate surface area is 146 Å². The SMILES string of the molecule is NC(=O)[C@H]1CCCCN1c1nc(-c2ccccc2)nc2ccccc12. The maximum atomic E-state index is 12.0. The van der Waals surface area contributed by atoms with Gasteiger partial charge in [0.15, 0.2) is 5.82 Å². The number of amides is 1. The Balaban J connectivity index is 1.91. The van der Waals surface area contributed by atoms with Gasteiger partial charge in [0.1, 0.15) is 11.9 Å². The maximum Gasteiger partial charge on any atom is 0.240 e. The number of rotatable bonds is 3. The van der Waals surface area contributed by atoms with Crippen molar-refractivity contribution in [2.24, 2.45) is 5.73 Å². The van der Waals surface area contributed by atoms with Gasteiger partial charge >= 0.3 is 0 Å². The molecule has 0 unspecified atom stereocenters. The molecule has 0 aliphatic carbocycles. The number of fused-ring (bicyclic) bond motifs is 1. The van der Waals surface area contributed by atoms with Crippen molar-refractivity contribution in [2.75, 3.05) is 11.4 Å². The third kappa shape index (κ3) is 2.93. The highest BCUT2D eigenvalue weighted by Gasteiger charge is 2.29. The van der Waals surface area contributed by atoms with Crippen molar-refractivity contribution in [3.05, 3.63) is 54.6 Å². The highest BCUT2D eigenvalue weighted by atomic mass is 16.1. The van der Waals surface area contributed by atoms with Gasteiger partial charge in [-0.25, -0.2) is 9.97 Å². The van der Waals surface area contributed by atoms with E-state index in [1.165, 1.54) is 0 Å². The van der Waals surface area contributed by atoms with Gasteiger partial charge in [0.2, 0.25) is 5.91 Å². The monoisotopic (exact) mass is 332 g/mol. The zero-order valence-corrected chi connectivity index (χ0v) is 13.9. The number of para-hydroxylation sites is 1. The Kier molecular flexibility index (Phi) is 4.06. The predicted octanol–water partition coefficient (Wildman–Crippen LogP) is 3.14. The maximum absolute atomic E-state index is 12.0. The van der Waals surface area contributed by atoms with Crippen LogP contribution in [-0.4, -0.2) is 28.5 Å². The summed E-state index contributed by atoms with van der Waals surface area (Å²) in [5.74, 6) is 1.18. The molecule has 1 aliphatic rings. The second-order valence-corrected chi connectivity index (χ2v) is 6.36. The molecule has 2 aromatic carbocycles. The number of hydrogen-bond acceptors (Lipinski definition) is 4. The average molecular weight is 332 g/mol. The Morgan fingerprint density at radius 1 is 1.00 bits per heavy atom. The van der Waals surface area contributed by atoms with E-state index in [0.29, 0.717) is 5.82 Å². The van der Waals surface area contributed by atoms with Crippen molar-refractivity contribution in [3.8, 4) is 11.4 Å². The first-order chi connectivity index (χ1) is 12.2. The highest BCUT2D eigenvalue weighted by molar-refractivity contribution is 5.93. The molecule has 1 saturated heterocycles. The fourth-order valence-corrected chi connectivity index (χ4v) is 3.48. The lowest BCUT2D eigenvalue weighted by Gasteiger charge is -2.35. The molecule has 1 atom stereocenters. The van der Waals surface area contributed by atoms with Crippen LogP contribution in [0.2, 0.25) is 0 Å². The lowest BCUT2D eigenvalue weighted by atomic mass is 10.0. The molecule has 1 aliphatic heterocycles. The molecule has 1 fully saturated rings. The highest BCUT2D eigenvalue weighted by Crippen LogP contribution is 2.31. The summed E-state index contributed by atoms with van der Waals surface area (Å²) in [6.07, 6.45) is 2.82. The lowest BCUT2D eigenvalue weighted by Crippen LogP contribution is -2.48. The molecule has 2 N–H and O–H groups in total. The largest absolute Gasteiger partial charge is 0.368 e. The minimum Gasteiger partial charge on any atom is -0.368 e. The van der Waals surface area contributed by atoms with E-state index in [4.69, 9.17) is 15.7 Å². The van der Waals surface area contributed by atoms with Crippen molar-refractivity contribution < 1.29 is 4.79 Å². The van der Waals surface area contributed by atoms with Gasteiger partial charge in [-0.1, -0.05) is 42.5 Å². The summed E-state index contributed by atoms with van der Waals surface area (Å²) in [6.45, 7) is 0.781. The number of nitrogens with two attached hydrogens (primary N) is 1. The van der Waals surface area contributed by atoms with Crippen LogP contribution in [0.4, 0.5) is 5.82 Å². The van der Waals surface area contributed by atoms with E-state index in [9.17, 15) is 4.79 Å². The summed E-state index contributed by atoms with van der Waals surface area (Å²) >= 11 is 0. The van der Waals surface area contributed by atoms with Crippen molar-refractivity contribution in [1.29, 1.82) is 0 Å². The molecule has 1 amide bonds. The van der Waals surface area contributed by atoms with E-state index >= 15 is 0 Å². The van der Waals surface area contributed by atoms with Crippen LogP contribution in [0.3, 0.4) is 0 Å². The molecular formula is C20H20N4O. The number of carbonyl (C=O) groups is 1. The first-order valence-electron chi connectivity index (χ1n) is 8.62. The lowest BCUT2D eigenvalue weighted by molar-refractivity contribution is -0.119. The van der Waals surface area contributed by atoms with E-state index in [0.717, 1.165) is 48.1 Å². The summed E-state index contributed by atoms with van der Waals surface area (Å²) in [4.78, 5) is 23.6. The van der Waals surface area contributed by atoms with Crippen LogP contribution in [0.15, 0.2) is 54.6 Å². The quantitative estimate of drug-likeness (QED) is 0.800. The van der Waals surface area contributed by atoms with Crippen molar-refractivity contribution in [1.82, 2.24) is 9.97 Å². The summed E-state index contributed by atoms with van der Waals surface area (Å²) in [5.41, 5.74) is 7.50. The van der Waals surface area contributed by atoms with Crippen LogP contribution in [0, 0.1) is 0 Å². The number of aromatic nitrogens is 2. The summed E-state index contributed by atoms with van der Waals surface area (Å²) in [6, 6.07) is 17.5. The molecular weight excluding hydrogens is 312 g/mol. The molecule has 0 bridgehead atoms. The van der Waals surface area contributed by atoms with Gasteiger partial charge in [0, 0.05) is 17.5 Å². The molecule has 5 nitrogen and oxygen atoms in total. The zero-order chi connectivity index (χ0) is 17.2. The summed E-state index contributed by atoms with van der Waals surface area (Å²) in [7, 11) is 0. The Morgan fingerprint density at radius 3 is 2.56 bits per heavy atom. The smallest absolute Gasteiger partial charge is 0.240 e. The van der Waals surface area contributed by atoms with Gasteiger partial charge < -0.3 is 10.6 Å².